The van der Waals surface area contributed by atoms with Crippen LogP contribution < -0.4 is 4.74 Å². The maximum absolute atomic E-state index is 5.83. The van der Waals surface area contributed by atoms with Gasteiger partial charge in [-0.2, -0.15) is 0 Å². The van der Waals surface area contributed by atoms with Crippen molar-refractivity contribution >= 4 is 21.9 Å². The van der Waals surface area contributed by atoms with Gasteiger partial charge in [0.25, 0.3) is 0 Å². The van der Waals surface area contributed by atoms with Crippen molar-refractivity contribution in [2.75, 3.05) is 0 Å². The highest BCUT2D eigenvalue weighted by atomic mass is 16.5. The van der Waals surface area contributed by atoms with Gasteiger partial charge in [-0.15, -0.1) is 0 Å². The van der Waals surface area contributed by atoms with Gasteiger partial charge in [-0.3, -0.25) is 0 Å². The second-order valence-electron chi connectivity index (χ2n) is 6.06. The van der Waals surface area contributed by atoms with Crippen LogP contribution in [0.25, 0.3) is 33.2 Å². The van der Waals surface area contributed by atoms with Gasteiger partial charge < -0.3 is 9.72 Å². The Labute approximate surface area is 150 Å². The zero-order valence-electron chi connectivity index (χ0n) is 13.9. The SMILES string of the molecule is c1ccc(Oc2cccc(-c3ccc4c(n3)[nH]c3ccccc34)c2)nc1. The number of nitrogens with zero attached hydrogens (tertiary/aromatic N) is 2. The number of pyridine rings is 2. The zero-order valence-corrected chi connectivity index (χ0v) is 13.9. The molecule has 26 heavy (non-hydrogen) atoms. The van der Waals surface area contributed by atoms with Crippen LogP contribution in [-0.2, 0) is 0 Å². The third-order valence-corrected chi connectivity index (χ3v) is 4.36. The molecule has 0 saturated heterocycles. The third kappa shape index (κ3) is 2.58. The minimum absolute atomic E-state index is 0.573. The third-order valence-electron chi connectivity index (χ3n) is 4.36. The lowest BCUT2D eigenvalue weighted by molar-refractivity contribution is 0.463. The van der Waals surface area contributed by atoms with Gasteiger partial charge >= 0.3 is 0 Å². The van der Waals surface area contributed by atoms with Crippen LogP contribution >= 0.6 is 0 Å². The molecule has 0 atom stereocenters. The van der Waals surface area contributed by atoms with E-state index in [9.17, 15) is 0 Å². The van der Waals surface area contributed by atoms with Gasteiger partial charge in [0.2, 0.25) is 5.88 Å². The molecule has 0 bridgehead atoms. The van der Waals surface area contributed by atoms with Crippen molar-refractivity contribution in [1.29, 1.82) is 0 Å². The summed E-state index contributed by atoms with van der Waals surface area (Å²) < 4.78 is 5.83. The van der Waals surface area contributed by atoms with Crippen LogP contribution in [-0.4, -0.2) is 15.0 Å². The molecule has 0 unspecified atom stereocenters. The average molecular weight is 337 g/mol. The molecule has 4 heteroatoms. The monoisotopic (exact) mass is 337 g/mol. The van der Waals surface area contributed by atoms with Crippen molar-refractivity contribution in [2.24, 2.45) is 0 Å². The number of ether oxygens (including phenoxy) is 1. The molecule has 3 heterocycles. The number of aromatic amines is 1. The van der Waals surface area contributed by atoms with Gasteiger partial charge in [-0.1, -0.05) is 36.4 Å². The summed E-state index contributed by atoms with van der Waals surface area (Å²) in [5, 5.41) is 2.32. The first kappa shape index (κ1) is 14.7. The fourth-order valence-corrected chi connectivity index (χ4v) is 3.13. The summed E-state index contributed by atoms with van der Waals surface area (Å²) in [6.07, 6.45) is 1.71. The van der Waals surface area contributed by atoms with E-state index in [2.05, 4.69) is 28.2 Å². The van der Waals surface area contributed by atoms with Crippen molar-refractivity contribution in [3.05, 3.63) is 85.1 Å². The van der Waals surface area contributed by atoms with E-state index in [1.807, 2.05) is 60.7 Å². The standard InChI is InChI=1S/C22H15N3O/c1-2-9-20-17(8-1)18-11-12-19(24-22(18)25-20)15-6-5-7-16(14-15)26-21-10-3-4-13-23-21/h1-14H,(H,24,25). The van der Waals surface area contributed by atoms with Gasteiger partial charge in [0.05, 0.1) is 5.69 Å². The molecule has 0 aliphatic carbocycles. The molecule has 0 fully saturated rings. The molecule has 0 spiro atoms. The second-order valence-corrected chi connectivity index (χ2v) is 6.06. The summed E-state index contributed by atoms with van der Waals surface area (Å²) in [6, 6.07) is 25.9. The van der Waals surface area contributed by atoms with E-state index in [0.717, 1.165) is 33.6 Å². The Morgan fingerprint density at radius 1 is 0.769 bits per heavy atom. The van der Waals surface area contributed by atoms with Crippen LogP contribution in [0.15, 0.2) is 85.1 Å². The number of benzene rings is 2. The van der Waals surface area contributed by atoms with E-state index in [-0.39, 0.29) is 0 Å². The number of fused-ring (bicyclic) bond motifs is 3. The largest absolute Gasteiger partial charge is 0.439 e. The molecular formula is C22H15N3O. The molecule has 5 aromatic rings. The van der Waals surface area contributed by atoms with Crippen LogP contribution in [0, 0.1) is 0 Å². The average Bonchev–Trinajstić information content (AvgIpc) is 3.07. The lowest BCUT2D eigenvalue weighted by Crippen LogP contribution is -1.89. The maximum atomic E-state index is 5.83. The van der Waals surface area contributed by atoms with E-state index in [1.165, 1.54) is 5.39 Å². The minimum atomic E-state index is 0.573. The minimum Gasteiger partial charge on any atom is -0.439 e. The van der Waals surface area contributed by atoms with Crippen molar-refractivity contribution in [1.82, 2.24) is 15.0 Å². The van der Waals surface area contributed by atoms with Crippen molar-refractivity contribution in [3.63, 3.8) is 0 Å². The fourth-order valence-electron chi connectivity index (χ4n) is 3.13. The quantitative estimate of drug-likeness (QED) is 0.468. The zero-order chi connectivity index (χ0) is 17.3. The molecule has 2 aromatic carbocycles. The van der Waals surface area contributed by atoms with Crippen molar-refractivity contribution < 1.29 is 4.74 Å². The smallest absolute Gasteiger partial charge is 0.219 e. The Kier molecular flexibility index (Phi) is 3.39. The fraction of sp³-hybridized carbons (Fsp3) is 0. The molecule has 0 radical (unpaired) electrons. The maximum Gasteiger partial charge on any atom is 0.219 e. The van der Waals surface area contributed by atoms with Gasteiger partial charge in [0, 0.05) is 34.1 Å². The Morgan fingerprint density at radius 3 is 2.62 bits per heavy atom. The van der Waals surface area contributed by atoms with E-state index in [4.69, 9.17) is 9.72 Å². The molecule has 0 aliphatic rings. The molecule has 124 valence electrons. The summed E-state index contributed by atoms with van der Waals surface area (Å²) in [5.41, 5.74) is 3.88. The Balaban J connectivity index is 1.55. The predicted octanol–water partition coefficient (Wildman–Crippen LogP) is 5.57. The molecule has 0 aliphatic heterocycles. The highest BCUT2D eigenvalue weighted by Gasteiger charge is 2.08. The normalized spacial score (nSPS) is 11.1. The van der Waals surface area contributed by atoms with Gasteiger partial charge in [-0.05, 0) is 36.4 Å². The second kappa shape index (κ2) is 6.01. The number of aromatic nitrogens is 3. The van der Waals surface area contributed by atoms with Crippen LogP contribution in [0.3, 0.4) is 0 Å². The van der Waals surface area contributed by atoms with Crippen LogP contribution in [0.5, 0.6) is 11.6 Å². The summed E-state index contributed by atoms with van der Waals surface area (Å²) in [5.74, 6) is 1.31. The van der Waals surface area contributed by atoms with Crippen molar-refractivity contribution in [2.45, 2.75) is 0 Å². The predicted molar refractivity (Wildman–Crippen MR) is 103 cm³/mol. The summed E-state index contributed by atoms with van der Waals surface area (Å²) in [6.45, 7) is 0. The number of rotatable bonds is 3. The number of para-hydroxylation sites is 1. The topological polar surface area (TPSA) is 50.8 Å². The van der Waals surface area contributed by atoms with E-state index in [1.54, 1.807) is 6.20 Å². The molecule has 3 aromatic heterocycles. The Bertz CT molecular complexity index is 1210. The number of nitrogens with one attached hydrogen (secondary N) is 1. The number of H-pyrrole nitrogens is 1. The highest BCUT2D eigenvalue weighted by Crippen LogP contribution is 2.29. The van der Waals surface area contributed by atoms with Crippen LogP contribution in [0.4, 0.5) is 0 Å². The van der Waals surface area contributed by atoms with Gasteiger partial charge in [-0.25, -0.2) is 9.97 Å². The molecule has 5 rings (SSSR count). The summed E-state index contributed by atoms with van der Waals surface area (Å²) in [4.78, 5) is 12.4. The van der Waals surface area contributed by atoms with E-state index >= 15 is 0 Å². The Morgan fingerprint density at radius 2 is 1.69 bits per heavy atom. The summed E-state index contributed by atoms with van der Waals surface area (Å²) in [7, 11) is 0. The molecule has 0 amide bonds. The van der Waals surface area contributed by atoms with E-state index in [0.29, 0.717) is 5.88 Å². The number of hydrogen-bond donors (Lipinski definition) is 1. The van der Waals surface area contributed by atoms with Gasteiger partial charge in [0.15, 0.2) is 0 Å². The first-order chi connectivity index (χ1) is 12.9. The lowest BCUT2D eigenvalue weighted by atomic mass is 10.1. The molecule has 0 saturated carbocycles. The molecular weight excluding hydrogens is 322 g/mol. The van der Waals surface area contributed by atoms with Crippen LogP contribution in [0.1, 0.15) is 0 Å². The first-order valence-electron chi connectivity index (χ1n) is 8.44. The van der Waals surface area contributed by atoms with Gasteiger partial charge in [0.1, 0.15) is 11.4 Å². The lowest BCUT2D eigenvalue weighted by Gasteiger charge is -2.06. The van der Waals surface area contributed by atoms with Crippen molar-refractivity contribution in [3.8, 4) is 22.9 Å². The first-order valence-corrected chi connectivity index (χ1v) is 8.44. The number of hydrogen-bond acceptors (Lipinski definition) is 3. The van der Waals surface area contributed by atoms with E-state index < -0.39 is 0 Å². The summed E-state index contributed by atoms with van der Waals surface area (Å²) >= 11 is 0. The highest BCUT2D eigenvalue weighted by molar-refractivity contribution is 6.06. The van der Waals surface area contributed by atoms with Crippen LogP contribution in [0.2, 0.25) is 0 Å². The molecule has 4 nitrogen and oxygen atoms in total. The molecule has 1 N–H and O–H groups in total. The Hall–Kier alpha value is -3.66.